The molecule has 0 aliphatic carbocycles. The Labute approximate surface area is 73.5 Å². The molecule has 1 rings (SSSR count). The number of carbonyl (C=O) groups is 1. The van der Waals surface area contributed by atoms with Gasteiger partial charge in [-0.2, -0.15) is 0 Å². The quantitative estimate of drug-likeness (QED) is 0.638. The van der Waals surface area contributed by atoms with Gasteiger partial charge in [-0.05, 0) is 31.8 Å². The van der Waals surface area contributed by atoms with Crippen molar-refractivity contribution in [3.05, 3.63) is 0 Å². The van der Waals surface area contributed by atoms with E-state index in [9.17, 15) is 4.79 Å². The summed E-state index contributed by atoms with van der Waals surface area (Å²) in [7, 11) is 1.47. The Bertz CT molecular complexity index is 153. The summed E-state index contributed by atoms with van der Waals surface area (Å²) in [6.07, 6.45) is 1.99. The number of methoxy groups -OCH3 is 1. The van der Waals surface area contributed by atoms with E-state index < -0.39 is 0 Å². The Morgan fingerprint density at radius 2 is 2.50 bits per heavy atom. The van der Waals surface area contributed by atoms with Gasteiger partial charge in [0.25, 0.3) is 0 Å². The SMILES string of the molecule is CCC(C(=O)OC)[C@@H]1CCNC1. The van der Waals surface area contributed by atoms with Gasteiger partial charge in [0.1, 0.15) is 0 Å². The average Bonchev–Trinajstić information content (AvgIpc) is 2.58. The van der Waals surface area contributed by atoms with E-state index in [4.69, 9.17) is 4.74 Å². The van der Waals surface area contributed by atoms with Gasteiger partial charge in [0.2, 0.25) is 0 Å². The third-order valence-corrected chi connectivity index (χ3v) is 2.61. The van der Waals surface area contributed by atoms with Crippen molar-refractivity contribution in [2.45, 2.75) is 19.8 Å². The van der Waals surface area contributed by atoms with Crippen molar-refractivity contribution in [2.75, 3.05) is 20.2 Å². The van der Waals surface area contributed by atoms with Gasteiger partial charge in [-0.25, -0.2) is 0 Å². The molecular weight excluding hydrogens is 154 g/mol. The van der Waals surface area contributed by atoms with E-state index in [1.54, 1.807) is 0 Å². The Balaban J connectivity index is 2.48. The molecule has 0 amide bonds. The van der Waals surface area contributed by atoms with Crippen molar-refractivity contribution in [3.63, 3.8) is 0 Å². The molecule has 0 saturated carbocycles. The largest absolute Gasteiger partial charge is 0.469 e. The van der Waals surface area contributed by atoms with Crippen molar-refractivity contribution in [1.29, 1.82) is 0 Å². The van der Waals surface area contributed by atoms with Crippen LogP contribution in [0.3, 0.4) is 0 Å². The topological polar surface area (TPSA) is 38.3 Å². The Morgan fingerprint density at radius 3 is 2.92 bits per heavy atom. The molecule has 0 spiro atoms. The summed E-state index contributed by atoms with van der Waals surface area (Å²) in [5.41, 5.74) is 0. The first kappa shape index (κ1) is 9.52. The molecule has 0 aromatic rings. The molecule has 0 aromatic heterocycles. The highest BCUT2D eigenvalue weighted by molar-refractivity contribution is 5.72. The van der Waals surface area contributed by atoms with Crippen LogP contribution in [-0.2, 0) is 9.53 Å². The number of rotatable bonds is 3. The van der Waals surface area contributed by atoms with E-state index in [-0.39, 0.29) is 11.9 Å². The second-order valence-electron chi connectivity index (χ2n) is 3.29. The number of nitrogens with one attached hydrogen (secondary N) is 1. The lowest BCUT2D eigenvalue weighted by Crippen LogP contribution is -2.26. The van der Waals surface area contributed by atoms with Gasteiger partial charge >= 0.3 is 5.97 Å². The maximum Gasteiger partial charge on any atom is 0.308 e. The predicted molar refractivity (Wildman–Crippen MR) is 46.8 cm³/mol. The Hall–Kier alpha value is -0.570. The van der Waals surface area contributed by atoms with E-state index in [0.717, 1.165) is 25.9 Å². The average molecular weight is 171 g/mol. The van der Waals surface area contributed by atoms with Crippen LogP contribution >= 0.6 is 0 Å². The first-order valence-electron chi connectivity index (χ1n) is 4.58. The second kappa shape index (κ2) is 4.45. The number of esters is 1. The molecule has 0 bridgehead atoms. The van der Waals surface area contributed by atoms with Crippen LogP contribution in [0.2, 0.25) is 0 Å². The van der Waals surface area contributed by atoms with Crippen molar-refractivity contribution >= 4 is 5.97 Å². The summed E-state index contributed by atoms with van der Waals surface area (Å²) in [5.74, 6) is 0.540. The molecule has 1 N–H and O–H groups in total. The third-order valence-electron chi connectivity index (χ3n) is 2.61. The van der Waals surface area contributed by atoms with Gasteiger partial charge in [0, 0.05) is 0 Å². The maximum atomic E-state index is 11.3. The van der Waals surface area contributed by atoms with E-state index in [2.05, 4.69) is 5.32 Å². The van der Waals surface area contributed by atoms with E-state index >= 15 is 0 Å². The van der Waals surface area contributed by atoms with Gasteiger partial charge in [-0.3, -0.25) is 4.79 Å². The smallest absolute Gasteiger partial charge is 0.308 e. The van der Waals surface area contributed by atoms with Crippen molar-refractivity contribution < 1.29 is 9.53 Å². The van der Waals surface area contributed by atoms with Crippen LogP contribution in [0.5, 0.6) is 0 Å². The van der Waals surface area contributed by atoms with Crippen LogP contribution in [0.1, 0.15) is 19.8 Å². The molecular formula is C9H17NO2. The molecule has 3 heteroatoms. The molecule has 1 heterocycles. The number of carbonyl (C=O) groups excluding carboxylic acids is 1. The van der Waals surface area contributed by atoms with Gasteiger partial charge in [-0.1, -0.05) is 6.92 Å². The third kappa shape index (κ3) is 1.97. The lowest BCUT2D eigenvalue weighted by Gasteiger charge is -2.18. The normalized spacial score (nSPS) is 25.3. The highest BCUT2D eigenvalue weighted by atomic mass is 16.5. The fourth-order valence-corrected chi connectivity index (χ4v) is 1.86. The number of ether oxygens (including phenoxy) is 1. The van der Waals surface area contributed by atoms with Crippen LogP contribution in [0.25, 0.3) is 0 Å². The monoisotopic (exact) mass is 171 g/mol. The zero-order chi connectivity index (χ0) is 8.97. The minimum absolute atomic E-state index is 0.0498. The predicted octanol–water partition coefficient (Wildman–Crippen LogP) is 0.795. The van der Waals surface area contributed by atoms with Crippen LogP contribution in [0.15, 0.2) is 0 Å². The highest BCUT2D eigenvalue weighted by Gasteiger charge is 2.29. The molecule has 1 unspecified atom stereocenters. The number of hydrogen-bond acceptors (Lipinski definition) is 3. The molecule has 12 heavy (non-hydrogen) atoms. The van der Waals surface area contributed by atoms with Crippen molar-refractivity contribution in [2.24, 2.45) is 11.8 Å². The minimum atomic E-state index is -0.0498. The van der Waals surface area contributed by atoms with Gasteiger partial charge in [0.05, 0.1) is 13.0 Å². The standard InChI is InChI=1S/C9H17NO2/c1-3-8(9(11)12-2)7-4-5-10-6-7/h7-8,10H,3-6H2,1-2H3/t7-,8?/m1/s1. The summed E-state index contributed by atoms with van der Waals surface area (Å²) >= 11 is 0. The minimum Gasteiger partial charge on any atom is -0.469 e. The fraction of sp³-hybridized carbons (Fsp3) is 0.889. The van der Waals surface area contributed by atoms with Crippen LogP contribution < -0.4 is 5.32 Å². The molecule has 0 radical (unpaired) electrons. The molecule has 1 saturated heterocycles. The lowest BCUT2D eigenvalue weighted by molar-refractivity contribution is -0.147. The molecule has 1 aliphatic heterocycles. The molecule has 70 valence electrons. The van der Waals surface area contributed by atoms with Crippen LogP contribution in [-0.4, -0.2) is 26.2 Å². The molecule has 2 atom stereocenters. The summed E-state index contributed by atoms with van der Waals surface area (Å²) in [6, 6.07) is 0. The Morgan fingerprint density at radius 1 is 1.75 bits per heavy atom. The zero-order valence-corrected chi connectivity index (χ0v) is 7.80. The van der Waals surface area contributed by atoms with Gasteiger partial charge in [0.15, 0.2) is 0 Å². The second-order valence-corrected chi connectivity index (χ2v) is 3.29. The molecule has 3 nitrogen and oxygen atoms in total. The van der Waals surface area contributed by atoms with Crippen LogP contribution in [0, 0.1) is 11.8 Å². The molecule has 1 aliphatic rings. The van der Waals surface area contributed by atoms with Crippen LogP contribution in [0.4, 0.5) is 0 Å². The van der Waals surface area contributed by atoms with Crippen molar-refractivity contribution in [3.8, 4) is 0 Å². The maximum absolute atomic E-state index is 11.3. The van der Waals surface area contributed by atoms with E-state index in [0.29, 0.717) is 5.92 Å². The number of hydrogen-bond donors (Lipinski definition) is 1. The van der Waals surface area contributed by atoms with Crippen molar-refractivity contribution in [1.82, 2.24) is 5.32 Å². The summed E-state index contributed by atoms with van der Waals surface area (Å²) in [4.78, 5) is 11.3. The van der Waals surface area contributed by atoms with Gasteiger partial charge in [-0.15, -0.1) is 0 Å². The fourth-order valence-electron chi connectivity index (χ4n) is 1.86. The first-order valence-corrected chi connectivity index (χ1v) is 4.58. The highest BCUT2D eigenvalue weighted by Crippen LogP contribution is 2.22. The van der Waals surface area contributed by atoms with E-state index in [1.165, 1.54) is 7.11 Å². The first-order chi connectivity index (χ1) is 5.79. The summed E-state index contributed by atoms with van der Waals surface area (Å²) in [6.45, 7) is 4.05. The summed E-state index contributed by atoms with van der Waals surface area (Å²) < 4.78 is 4.75. The molecule has 0 aromatic carbocycles. The van der Waals surface area contributed by atoms with E-state index in [1.807, 2.05) is 6.92 Å². The lowest BCUT2D eigenvalue weighted by atomic mass is 9.89. The zero-order valence-electron chi connectivity index (χ0n) is 7.80. The Kier molecular flexibility index (Phi) is 3.53. The van der Waals surface area contributed by atoms with Gasteiger partial charge < -0.3 is 10.1 Å². The summed E-state index contributed by atoms with van der Waals surface area (Å²) in [5, 5.41) is 3.26. The molecule has 1 fully saturated rings.